The summed E-state index contributed by atoms with van der Waals surface area (Å²) in [5.74, 6) is -0.129. The Morgan fingerprint density at radius 2 is 2.38 bits per heavy atom. The van der Waals surface area contributed by atoms with Crippen LogP contribution in [-0.2, 0) is 18.3 Å². The summed E-state index contributed by atoms with van der Waals surface area (Å²) in [4.78, 5) is 18.0. The van der Waals surface area contributed by atoms with Crippen molar-refractivity contribution >= 4 is 5.97 Å². The van der Waals surface area contributed by atoms with Crippen molar-refractivity contribution in [1.29, 1.82) is 0 Å². The Balaban J connectivity index is 2.43. The molecule has 0 spiro atoms. The highest BCUT2D eigenvalue weighted by Crippen LogP contribution is 2.22. The van der Waals surface area contributed by atoms with Crippen LogP contribution >= 0.6 is 0 Å². The van der Waals surface area contributed by atoms with E-state index in [0.717, 1.165) is 17.1 Å². The summed E-state index contributed by atoms with van der Waals surface area (Å²) in [5, 5.41) is 8.80. The first-order valence-electron chi connectivity index (χ1n) is 4.96. The van der Waals surface area contributed by atoms with Gasteiger partial charge in [0.15, 0.2) is 0 Å². The van der Waals surface area contributed by atoms with Gasteiger partial charge >= 0.3 is 5.97 Å². The molecule has 0 aliphatic carbocycles. The van der Waals surface area contributed by atoms with Crippen molar-refractivity contribution in [2.45, 2.75) is 13.3 Å². The number of carboxylic acids is 1. The zero-order valence-corrected chi connectivity index (χ0v) is 9.19. The minimum atomic E-state index is -0.860. The van der Waals surface area contributed by atoms with Gasteiger partial charge in [0.05, 0.1) is 17.8 Å². The molecule has 0 aliphatic heterocycles. The van der Waals surface area contributed by atoms with Gasteiger partial charge in [0.2, 0.25) is 0 Å². The number of aryl methyl sites for hydroxylation is 2. The number of aromatic amines is 1. The lowest BCUT2D eigenvalue weighted by atomic mass is 10.1. The van der Waals surface area contributed by atoms with Crippen molar-refractivity contribution in [3.8, 4) is 11.3 Å². The third-order valence-electron chi connectivity index (χ3n) is 2.33. The highest BCUT2D eigenvalue weighted by molar-refractivity contribution is 5.74. The maximum Gasteiger partial charge on any atom is 0.309 e. The zero-order chi connectivity index (χ0) is 11.7. The zero-order valence-electron chi connectivity index (χ0n) is 9.19. The van der Waals surface area contributed by atoms with Gasteiger partial charge in [-0.1, -0.05) is 0 Å². The Hall–Kier alpha value is -2.04. The maximum atomic E-state index is 10.7. The van der Waals surface area contributed by atoms with E-state index < -0.39 is 5.97 Å². The topological polar surface area (TPSA) is 70.9 Å². The van der Waals surface area contributed by atoms with Crippen molar-refractivity contribution in [2.24, 2.45) is 7.05 Å². The number of H-pyrrole nitrogens is 1. The average molecular weight is 219 g/mol. The second-order valence-corrected chi connectivity index (χ2v) is 3.79. The average Bonchev–Trinajstić information content (AvgIpc) is 2.72. The Morgan fingerprint density at radius 1 is 1.62 bits per heavy atom. The number of carbonyl (C=O) groups is 1. The van der Waals surface area contributed by atoms with E-state index in [-0.39, 0.29) is 6.42 Å². The molecule has 2 aromatic heterocycles. The second-order valence-electron chi connectivity index (χ2n) is 3.79. The fourth-order valence-electron chi connectivity index (χ4n) is 1.70. The van der Waals surface area contributed by atoms with Crippen LogP contribution in [0.2, 0.25) is 0 Å². The van der Waals surface area contributed by atoms with E-state index in [2.05, 4.69) is 9.97 Å². The third kappa shape index (κ3) is 1.98. The lowest BCUT2D eigenvalue weighted by Gasteiger charge is -1.96. The van der Waals surface area contributed by atoms with Gasteiger partial charge in [-0.2, -0.15) is 0 Å². The van der Waals surface area contributed by atoms with Crippen LogP contribution in [0.25, 0.3) is 11.3 Å². The molecule has 2 N–H and O–H groups in total. The van der Waals surface area contributed by atoms with Crippen LogP contribution in [-0.4, -0.2) is 25.6 Å². The smallest absolute Gasteiger partial charge is 0.309 e. The second kappa shape index (κ2) is 3.84. The van der Waals surface area contributed by atoms with Gasteiger partial charge in [0, 0.05) is 25.0 Å². The summed E-state index contributed by atoms with van der Waals surface area (Å²) >= 11 is 0. The Kier molecular flexibility index (Phi) is 2.52. The lowest BCUT2D eigenvalue weighted by molar-refractivity contribution is -0.136. The summed E-state index contributed by atoms with van der Waals surface area (Å²) < 4.78 is 1.91. The van der Waals surface area contributed by atoms with Crippen LogP contribution in [0.15, 0.2) is 18.5 Å². The van der Waals surface area contributed by atoms with Gasteiger partial charge in [-0.3, -0.25) is 4.79 Å². The van der Waals surface area contributed by atoms with Crippen LogP contribution in [0, 0.1) is 6.92 Å². The van der Waals surface area contributed by atoms with Crippen LogP contribution in [0.1, 0.15) is 11.5 Å². The number of aliphatic carboxylic acids is 1. The molecule has 16 heavy (non-hydrogen) atoms. The molecule has 2 rings (SSSR count). The van der Waals surface area contributed by atoms with Crippen molar-refractivity contribution in [3.05, 3.63) is 30.0 Å². The van der Waals surface area contributed by atoms with Crippen LogP contribution in [0.3, 0.4) is 0 Å². The van der Waals surface area contributed by atoms with E-state index in [9.17, 15) is 4.79 Å². The van der Waals surface area contributed by atoms with Gasteiger partial charge in [-0.25, -0.2) is 4.98 Å². The quantitative estimate of drug-likeness (QED) is 0.818. The van der Waals surface area contributed by atoms with E-state index in [1.807, 2.05) is 37.0 Å². The van der Waals surface area contributed by atoms with Gasteiger partial charge in [0.25, 0.3) is 0 Å². The van der Waals surface area contributed by atoms with Crippen molar-refractivity contribution in [1.82, 2.24) is 14.5 Å². The number of aromatic nitrogens is 3. The molecule has 84 valence electrons. The molecule has 2 aromatic rings. The minimum absolute atomic E-state index is 0.0366. The number of nitrogens with zero attached hydrogens (tertiary/aromatic N) is 2. The predicted molar refractivity (Wildman–Crippen MR) is 59.1 cm³/mol. The minimum Gasteiger partial charge on any atom is -0.481 e. The van der Waals surface area contributed by atoms with Crippen LogP contribution in [0.5, 0.6) is 0 Å². The van der Waals surface area contributed by atoms with E-state index in [0.29, 0.717) is 5.69 Å². The summed E-state index contributed by atoms with van der Waals surface area (Å²) in [7, 11) is 1.92. The fraction of sp³-hybridized carbons (Fsp3) is 0.273. The Morgan fingerprint density at radius 3 is 2.94 bits per heavy atom. The van der Waals surface area contributed by atoms with Gasteiger partial charge in [0.1, 0.15) is 5.82 Å². The van der Waals surface area contributed by atoms with Gasteiger partial charge in [-0.05, 0) is 13.0 Å². The molecule has 0 aliphatic rings. The molecule has 0 fully saturated rings. The van der Waals surface area contributed by atoms with Gasteiger partial charge < -0.3 is 14.7 Å². The third-order valence-corrected chi connectivity index (χ3v) is 2.33. The van der Waals surface area contributed by atoms with E-state index in [4.69, 9.17) is 5.11 Å². The first kappa shape index (κ1) is 10.5. The molecule has 0 bridgehead atoms. The summed E-state index contributed by atoms with van der Waals surface area (Å²) in [6, 6.07) is 1.92. The summed E-state index contributed by atoms with van der Waals surface area (Å²) in [5.41, 5.74) is 2.31. The molecule has 0 saturated heterocycles. The molecular weight excluding hydrogens is 206 g/mol. The number of hydrogen-bond acceptors (Lipinski definition) is 2. The number of nitrogens with one attached hydrogen (secondary N) is 1. The number of rotatable bonds is 3. The lowest BCUT2D eigenvalue weighted by Crippen LogP contribution is -2.01. The Labute approximate surface area is 92.8 Å². The van der Waals surface area contributed by atoms with E-state index in [1.54, 1.807) is 0 Å². The molecule has 0 unspecified atom stereocenters. The largest absolute Gasteiger partial charge is 0.481 e. The summed E-state index contributed by atoms with van der Waals surface area (Å²) in [6.45, 7) is 1.82. The van der Waals surface area contributed by atoms with Crippen molar-refractivity contribution < 1.29 is 9.90 Å². The van der Waals surface area contributed by atoms with Crippen LogP contribution < -0.4 is 0 Å². The SMILES string of the molecule is Cc1nc(-c2ccn(C)c2)c(CC(=O)O)[nH]1. The number of hydrogen-bond donors (Lipinski definition) is 2. The molecule has 5 nitrogen and oxygen atoms in total. The standard InChI is InChI=1S/C11H13N3O2/c1-7-12-9(5-10(15)16)11(13-7)8-3-4-14(2)6-8/h3-4,6H,5H2,1-2H3,(H,12,13)(H,15,16). The van der Waals surface area contributed by atoms with Gasteiger partial charge in [-0.15, -0.1) is 0 Å². The summed E-state index contributed by atoms with van der Waals surface area (Å²) in [6.07, 6.45) is 3.79. The first-order valence-corrected chi connectivity index (χ1v) is 4.96. The predicted octanol–water partition coefficient (Wildman–Crippen LogP) is 1.35. The molecule has 0 radical (unpaired) electrons. The van der Waals surface area contributed by atoms with Crippen molar-refractivity contribution in [3.63, 3.8) is 0 Å². The molecule has 5 heteroatoms. The highest BCUT2D eigenvalue weighted by Gasteiger charge is 2.13. The molecule has 2 heterocycles. The van der Waals surface area contributed by atoms with Crippen LogP contribution in [0.4, 0.5) is 0 Å². The molecular formula is C11H13N3O2. The normalized spacial score (nSPS) is 10.6. The molecule has 0 saturated carbocycles. The highest BCUT2D eigenvalue weighted by atomic mass is 16.4. The van der Waals surface area contributed by atoms with Crippen molar-refractivity contribution in [2.75, 3.05) is 0 Å². The first-order chi connectivity index (χ1) is 7.56. The van der Waals surface area contributed by atoms with E-state index in [1.165, 1.54) is 0 Å². The fourth-order valence-corrected chi connectivity index (χ4v) is 1.70. The molecule has 0 amide bonds. The molecule has 0 aromatic carbocycles. The monoisotopic (exact) mass is 219 g/mol. The number of carboxylic acid groups (broad SMARTS) is 1. The number of imidazole rings is 1. The van der Waals surface area contributed by atoms with E-state index >= 15 is 0 Å². The maximum absolute atomic E-state index is 10.7. The molecule has 0 atom stereocenters. The Bertz CT molecular complexity index is 525.